The molecular formula is C31H31ClN4O5. The molecule has 0 aliphatic heterocycles. The Morgan fingerprint density at radius 2 is 1.34 bits per heavy atom. The van der Waals surface area contributed by atoms with Crippen LogP contribution in [-0.4, -0.2) is 39.1 Å². The van der Waals surface area contributed by atoms with Gasteiger partial charge in [-0.15, -0.1) is 12.4 Å². The summed E-state index contributed by atoms with van der Waals surface area (Å²) in [5.41, 5.74) is 10.7. The number of nitrogens with one attached hydrogen (secondary N) is 2. The fourth-order valence-corrected chi connectivity index (χ4v) is 4.02. The highest BCUT2D eigenvalue weighted by Crippen LogP contribution is 2.38. The van der Waals surface area contributed by atoms with Crippen LogP contribution in [0.2, 0.25) is 0 Å². The maximum atomic E-state index is 12.9. The second-order valence-corrected chi connectivity index (χ2v) is 8.76. The number of guanidine groups is 1. The van der Waals surface area contributed by atoms with Crippen LogP contribution < -0.4 is 30.6 Å². The average molecular weight is 575 g/mol. The molecule has 0 unspecified atom stereocenters. The molecule has 9 nitrogen and oxygen atoms in total. The number of amides is 2. The van der Waals surface area contributed by atoms with Gasteiger partial charge in [-0.25, -0.2) is 4.99 Å². The summed E-state index contributed by atoms with van der Waals surface area (Å²) < 4.78 is 15.9. The van der Waals surface area contributed by atoms with Crippen LogP contribution >= 0.6 is 12.4 Å². The lowest BCUT2D eigenvalue weighted by Gasteiger charge is -2.14. The average Bonchev–Trinajstić information content (AvgIpc) is 2.98. The van der Waals surface area contributed by atoms with Crippen molar-refractivity contribution in [1.82, 2.24) is 5.32 Å². The van der Waals surface area contributed by atoms with Gasteiger partial charge in [-0.05, 0) is 60.0 Å². The molecule has 4 N–H and O–H groups in total. The van der Waals surface area contributed by atoms with Gasteiger partial charge in [0.15, 0.2) is 11.5 Å². The number of carbonyl (C=O) groups is 2. The first-order valence-electron chi connectivity index (χ1n) is 12.4. The number of ether oxygens (including phenoxy) is 3. The van der Waals surface area contributed by atoms with Gasteiger partial charge >= 0.3 is 0 Å². The number of anilines is 1. The molecule has 4 aromatic rings. The number of aryl methyl sites for hydroxylation is 1. The third kappa shape index (κ3) is 7.34. The Bertz CT molecular complexity index is 1530. The van der Waals surface area contributed by atoms with Gasteiger partial charge in [-0.1, -0.05) is 48.5 Å². The van der Waals surface area contributed by atoms with Crippen molar-refractivity contribution in [3.05, 3.63) is 102 Å². The van der Waals surface area contributed by atoms with E-state index < -0.39 is 5.91 Å². The zero-order valence-electron chi connectivity index (χ0n) is 23.1. The third-order valence-corrected chi connectivity index (χ3v) is 6.14. The Morgan fingerprint density at radius 3 is 1.93 bits per heavy atom. The van der Waals surface area contributed by atoms with Crippen LogP contribution in [0.25, 0.3) is 11.1 Å². The molecule has 4 rings (SSSR count). The van der Waals surface area contributed by atoms with Crippen molar-refractivity contribution in [1.29, 1.82) is 0 Å². The highest BCUT2D eigenvalue weighted by molar-refractivity contribution is 6.07. The van der Waals surface area contributed by atoms with Crippen molar-refractivity contribution in [2.24, 2.45) is 10.7 Å². The second-order valence-electron chi connectivity index (χ2n) is 8.76. The van der Waals surface area contributed by atoms with Crippen molar-refractivity contribution >= 4 is 41.6 Å². The van der Waals surface area contributed by atoms with Gasteiger partial charge in [0, 0.05) is 16.8 Å². The van der Waals surface area contributed by atoms with Crippen molar-refractivity contribution in [3.63, 3.8) is 0 Å². The maximum Gasteiger partial charge on any atom is 0.258 e. The van der Waals surface area contributed by atoms with Crippen LogP contribution in [0.1, 0.15) is 26.3 Å². The molecule has 212 valence electrons. The molecule has 0 bridgehead atoms. The van der Waals surface area contributed by atoms with Crippen LogP contribution in [0.3, 0.4) is 0 Å². The SMILES string of the molecule is COc1cc(C(=O)NC(N)=Nc2ccc(C)c(NC(=O)c3ccc(-c4ccccc4)cc3)c2)cc(OC)c1OC.Cl. The van der Waals surface area contributed by atoms with E-state index in [1.54, 1.807) is 30.3 Å². The summed E-state index contributed by atoms with van der Waals surface area (Å²) in [6, 6.07) is 25.6. The Kier molecular flexibility index (Phi) is 10.3. The summed E-state index contributed by atoms with van der Waals surface area (Å²) in [7, 11) is 4.40. The third-order valence-electron chi connectivity index (χ3n) is 6.14. The first-order chi connectivity index (χ1) is 19.3. The molecule has 0 atom stereocenters. The molecule has 0 aromatic heterocycles. The molecule has 4 aromatic carbocycles. The molecular weight excluding hydrogens is 544 g/mol. The van der Waals surface area contributed by atoms with E-state index in [0.717, 1.165) is 16.7 Å². The number of methoxy groups -OCH3 is 3. The first kappa shape index (κ1) is 30.5. The standard InChI is InChI=1S/C31H30N4O5.ClH/c1-19-10-15-24(33-31(32)35-30(37)23-16-26(38-2)28(40-4)27(17-23)39-3)18-25(19)34-29(36)22-13-11-21(12-14-22)20-8-6-5-7-9-20;/h5-18H,1-4H3,(H,34,36)(H3,32,33,35,37);1H. The number of halogens is 1. The van der Waals surface area contributed by atoms with Gasteiger partial charge in [-0.2, -0.15) is 0 Å². The van der Waals surface area contributed by atoms with Crippen molar-refractivity contribution in [2.45, 2.75) is 6.92 Å². The number of aliphatic imine (C=N–C) groups is 1. The minimum absolute atomic E-state index is 0. The van der Waals surface area contributed by atoms with E-state index in [9.17, 15) is 9.59 Å². The van der Waals surface area contributed by atoms with Crippen molar-refractivity contribution < 1.29 is 23.8 Å². The summed E-state index contributed by atoms with van der Waals surface area (Å²) in [4.78, 5) is 30.1. The molecule has 0 aliphatic rings. The maximum absolute atomic E-state index is 12.9. The predicted molar refractivity (Wildman–Crippen MR) is 163 cm³/mol. The topological polar surface area (TPSA) is 124 Å². The number of nitrogens with zero attached hydrogens (tertiary/aromatic N) is 1. The predicted octanol–water partition coefficient (Wildman–Crippen LogP) is 5.74. The monoisotopic (exact) mass is 574 g/mol. The Balaban J connectivity index is 0.00000462. The van der Waals surface area contributed by atoms with Gasteiger partial charge in [0.1, 0.15) is 0 Å². The van der Waals surface area contributed by atoms with Gasteiger partial charge < -0.3 is 25.3 Å². The largest absolute Gasteiger partial charge is 0.493 e. The number of hydrogen-bond donors (Lipinski definition) is 3. The van der Waals surface area contributed by atoms with Gasteiger partial charge in [0.25, 0.3) is 11.8 Å². The lowest BCUT2D eigenvalue weighted by atomic mass is 10.0. The number of rotatable bonds is 8. The summed E-state index contributed by atoms with van der Waals surface area (Å²) in [5.74, 6) is 0.126. The normalized spacial score (nSPS) is 10.7. The van der Waals surface area contributed by atoms with E-state index in [-0.39, 0.29) is 29.8 Å². The van der Waals surface area contributed by atoms with E-state index in [4.69, 9.17) is 19.9 Å². The summed E-state index contributed by atoms with van der Waals surface area (Å²) in [5, 5.41) is 5.48. The minimum atomic E-state index is -0.514. The molecule has 0 saturated heterocycles. The quantitative estimate of drug-likeness (QED) is 0.182. The molecule has 0 heterocycles. The zero-order chi connectivity index (χ0) is 28.6. The number of nitrogens with two attached hydrogens (primary N) is 1. The Labute approximate surface area is 244 Å². The fourth-order valence-electron chi connectivity index (χ4n) is 4.02. The van der Waals surface area contributed by atoms with Crippen LogP contribution in [0, 0.1) is 6.92 Å². The van der Waals surface area contributed by atoms with Crippen LogP contribution in [-0.2, 0) is 0 Å². The Hall–Kier alpha value is -5.02. The first-order valence-corrected chi connectivity index (χ1v) is 12.4. The zero-order valence-corrected chi connectivity index (χ0v) is 23.9. The molecule has 10 heteroatoms. The highest BCUT2D eigenvalue weighted by Gasteiger charge is 2.17. The van der Waals surface area contributed by atoms with Crippen molar-refractivity contribution in [3.8, 4) is 28.4 Å². The second kappa shape index (κ2) is 13.9. The molecule has 2 amide bonds. The van der Waals surface area contributed by atoms with Crippen molar-refractivity contribution in [2.75, 3.05) is 26.6 Å². The molecule has 0 fully saturated rings. The lowest BCUT2D eigenvalue weighted by molar-refractivity contribution is 0.0974. The molecule has 41 heavy (non-hydrogen) atoms. The van der Waals surface area contributed by atoms with E-state index in [1.165, 1.54) is 33.5 Å². The van der Waals surface area contributed by atoms with Gasteiger partial charge in [0.05, 0.1) is 27.0 Å². The van der Waals surface area contributed by atoms with E-state index >= 15 is 0 Å². The number of hydrogen-bond acceptors (Lipinski definition) is 6. The van der Waals surface area contributed by atoms with Crippen LogP contribution in [0.5, 0.6) is 17.2 Å². The van der Waals surface area contributed by atoms with E-state index in [1.807, 2.05) is 49.4 Å². The number of benzene rings is 4. The Morgan fingerprint density at radius 1 is 0.732 bits per heavy atom. The molecule has 0 spiro atoms. The van der Waals surface area contributed by atoms with Crippen LogP contribution in [0.15, 0.2) is 89.9 Å². The smallest absolute Gasteiger partial charge is 0.258 e. The summed E-state index contributed by atoms with van der Waals surface area (Å²) in [6.45, 7) is 1.87. The molecule has 0 aliphatic carbocycles. The molecule has 0 radical (unpaired) electrons. The fraction of sp³-hybridized carbons (Fsp3) is 0.129. The summed E-state index contributed by atoms with van der Waals surface area (Å²) >= 11 is 0. The summed E-state index contributed by atoms with van der Waals surface area (Å²) in [6.07, 6.45) is 0. The van der Waals surface area contributed by atoms with Gasteiger partial charge in [0.2, 0.25) is 11.7 Å². The van der Waals surface area contributed by atoms with Gasteiger partial charge in [-0.3, -0.25) is 14.9 Å². The van der Waals surface area contributed by atoms with E-state index in [2.05, 4.69) is 15.6 Å². The molecule has 0 saturated carbocycles. The lowest BCUT2D eigenvalue weighted by Crippen LogP contribution is -2.36. The highest BCUT2D eigenvalue weighted by atomic mass is 35.5. The number of carbonyl (C=O) groups excluding carboxylic acids is 2. The van der Waals surface area contributed by atoms with Crippen LogP contribution in [0.4, 0.5) is 11.4 Å². The minimum Gasteiger partial charge on any atom is -0.493 e. The van der Waals surface area contributed by atoms with E-state index in [0.29, 0.717) is 34.2 Å².